The molecule has 0 saturated carbocycles. The average Bonchev–Trinajstić information content (AvgIpc) is 3.30. The van der Waals surface area contributed by atoms with E-state index < -0.39 is 0 Å². The van der Waals surface area contributed by atoms with Gasteiger partial charge in [0.15, 0.2) is 0 Å². The van der Waals surface area contributed by atoms with E-state index in [1.54, 1.807) is 0 Å². The quantitative estimate of drug-likeness (QED) is 0.652. The van der Waals surface area contributed by atoms with E-state index in [0.29, 0.717) is 6.42 Å². The zero-order chi connectivity index (χ0) is 18.8. The monoisotopic (exact) mass is 426 g/mol. The van der Waals surface area contributed by atoms with Crippen LogP contribution in [0.25, 0.3) is 11.0 Å². The molecule has 0 aliphatic carbocycles. The molecule has 1 aliphatic rings. The lowest BCUT2D eigenvalue weighted by molar-refractivity contribution is -0.116. The highest BCUT2D eigenvalue weighted by atomic mass is 79.9. The highest BCUT2D eigenvalue weighted by Crippen LogP contribution is 2.26. The van der Waals surface area contributed by atoms with Crippen molar-refractivity contribution in [3.05, 3.63) is 52.5 Å². The van der Waals surface area contributed by atoms with Crippen LogP contribution in [0.5, 0.6) is 0 Å². The summed E-state index contributed by atoms with van der Waals surface area (Å²) in [5.74, 6) is 1.04. The van der Waals surface area contributed by atoms with Gasteiger partial charge in [-0.25, -0.2) is 4.98 Å². The van der Waals surface area contributed by atoms with E-state index in [9.17, 15) is 4.79 Å². The third-order valence-electron chi connectivity index (χ3n) is 5.08. The zero-order valence-electron chi connectivity index (χ0n) is 15.4. The van der Waals surface area contributed by atoms with Crippen LogP contribution >= 0.6 is 15.9 Å². The van der Waals surface area contributed by atoms with Crippen molar-refractivity contribution in [3.63, 3.8) is 0 Å². The summed E-state index contributed by atoms with van der Waals surface area (Å²) in [5, 5.41) is 3.02. The van der Waals surface area contributed by atoms with E-state index in [1.165, 1.54) is 12.8 Å². The first-order valence-corrected chi connectivity index (χ1v) is 10.2. The van der Waals surface area contributed by atoms with Crippen molar-refractivity contribution in [1.82, 2.24) is 9.55 Å². The van der Waals surface area contributed by atoms with E-state index in [2.05, 4.69) is 30.7 Å². The van der Waals surface area contributed by atoms with E-state index in [-0.39, 0.29) is 5.91 Å². The van der Waals surface area contributed by atoms with Gasteiger partial charge >= 0.3 is 0 Å². The summed E-state index contributed by atoms with van der Waals surface area (Å²) in [6.07, 6.45) is 3.64. The number of rotatable bonds is 5. The molecule has 1 amide bonds. The lowest BCUT2D eigenvalue weighted by Crippen LogP contribution is -2.21. The number of benzene rings is 2. The molecule has 0 radical (unpaired) electrons. The number of carbonyl (C=O) groups excluding carboxylic acids is 1. The molecule has 1 aliphatic heterocycles. The number of imidazole rings is 1. The Morgan fingerprint density at radius 1 is 1.15 bits per heavy atom. The second-order valence-corrected chi connectivity index (χ2v) is 7.96. The van der Waals surface area contributed by atoms with Crippen LogP contribution in [0.3, 0.4) is 0 Å². The summed E-state index contributed by atoms with van der Waals surface area (Å²) in [5.41, 5.74) is 3.99. The molecule has 1 fully saturated rings. The lowest BCUT2D eigenvalue weighted by Gasteiger charge is -2.16. The first-order valence-electron chi connectivity index (χ1n) is 9.36. The predicted octanol–water partition coefficient (Wildman–Crippen LogP) is 4.51. The summed E-state index contributed by atoms with van der Waals surface area (Å²) >= 11 is 3.43. The molecule has 0 spiro atoms. The molecule has 1 N–H and O–H groups in total. The largest absolute Gasteiger partial charge is 0.342 e. The summed E-state index contributed by atoms with van der Waals surface area (Å²) in [6, 6.07) is 14.0. The van der Waals surface area contributed by atoms with Crippen molar-refractivity contribution in [2.75, 3.05) is 23.3 Å². The molecular formula is C21H23BrN4O. The third kappa shape index (κ3) is 4.00. The van der Waals surface area contributed by atoms with E-state index in [0.717, 1.165) is 52.2 Å². The van der Waals surface area contributed by atoms with Gasteiger partial charge in [-0.3, -0.25) is 4.79 Å². The van der Waals surface area contributed by atoms with Crippen molar-refractivity contribution in [1.29, 1.82) is 0 Å². The van der Waals surface area contributed by atoms with E-state index >= 15 is 0 Å². The van der Waals surface area contributed by atoms with Gasteiger partial charge in [-0.15, -0.1) is 0 Å². The molecule has 1 aromatic heterocycles. The normalized spacial score (nSPS) is 14.1. The Labute approximate surface area is 167 Å². The van der Waals surface area contributed by atoms with Crippen LogP contribution in [0.1, 0.15) is 24.8 Å². The zero-order valence-corrected chi connectivity index (χ0v) is 17.0. The highest BCUT2D eigenvalue weighted by Gasteiger charge is 2.18. The smallest absolute Gasteiger partial charge is 0.224 e. The first-order chi connectivity index (χ1) is 13.1. The minimum Gasteiger partial charge on any atom is -0.342 e. The minimum atomic E-state index is 0.0270. The van der Waals surface area contributed by atoms with Gasteiger partial charge in [0.2, 0.25) is 11.9 Å². The third-order valence-corrected chi connectivity index (χ3v) is 5.61. The van der Waals surface area contributed by atoms with Crippen molar-refractivity contribution in [2.45, 2.75) is 25.7 Å². The lowest BCUT2D eigenvalue weighted by atomic mass is 10.1. The maximum Gasteiger partial charge on any atom is 0.224 e. The van der Waals surface area contributed by atoms with Gasteiger partial charge in [0, 0.05) is 36.7 Å². The molecule has 5 nitrogen and oxygen atoms in total. The Hall–Kier alpha value is -2.34. The number of halogens is 1. The van der Waals surface area contributed by atoms with Gasteiger partial charge in [-0.2, -0.15) is 0 Å². The average molecular weight is 427 g/mol. The van der Waals surface area contributed by atoms with Gasteiger partial charge in [0.25, 0.3) is 0 Å². The Morgan fingerprint density at radius 3 is 2.63 bits per heavy atom. The van der Waals surface area contributed by atoms with Crippen molar-refractivity contribution in [3.8, 4) is 0 Å². The number of fused-ring (bicyclic) bond motifs is 1. The second-order valence-electron chi connectivity index (χ2n) is 7.04. The molecule has 2 heterocycles. The topological polar surface area (TPSA) is 50.2 Å². The van der Waals surface area contributed by atoms with Crippen LogP contribution in [-0.2, 0) is 18.3 Å². The molecule has 6 heteroatoms. The number of nitrogens with one attached hydrogen (secondary N) is 1. The maximum atomic E-state index is 12.3. The van der Waals surface area contributed by atoms with Crippen LogP contribution < -0.4 is 10.2 Å². The molecule has 0 unspecified atom stereocenters. The standard InChI is InChI=1S/C21H23BrN4O/c1-25-19-14-17(9-10-18(19)24-21(25)26-12-2-3-13-26)23-20(27)11-6-15-4-7-16(22)8-5-15/h4-5,7-10,14H,2-3,6,11-13H2,1H3,(H,23,27). The van der Waals surface area contributed by atoms with Gasteiger partial charge < -0.3 is 14.8 Å². The molecule has 140 valence electrons. The number of anilines is 2. The number of hydrogen-bond donors (Lipinski definition) is 1. The fourth-order valence-corrected chi connectivity index (χ4v) is 3.85. The number of aryl methyl sites for hydroxylation is 2. The maximum absolute atomic E-state index is 12.3. The second kappa shape index (κ2) is 7.72. The van der Waals surface area contributed by atoms with Gasteiger partial charge in [0.05, 0.1) is 11.0 Å². The molecule has 1 saturated heterocycles. The SMILES string of the molecule is Cn1c(N2CCCC2)nc2ccc(NC(=O)CCc3ccc(Br)cc3)cc21. The Balaban J connectivity index is 1.44. The number of carbonyl (C=O) groups is 1. The number of nitrogens with zero attached hydrogens (tertiary/aromatic N) is 3. The Kier molecular flexibility index (Phi) is 5.16. The fraction of sp³-hybridized carbons (Fsp3) is 0.333. The summed E-state index contributed by atoms with van der Waals surface area (Å²) in [4.78, 5) is 19.4. The van der Waals surface area contributed by atoms with E-state index in [4.69, 9.17) is 4.98 Å². The van der Waals surface area contributed by atoms with Gasteiger partial charge in [-0.05, 0) is 55.2 Å². The summed E-state index contributed by atoms with van der Waals surface area (Å²) in [6.45, 7) is 2.13. The molecule has 2 aromatic carbocycles. The molecule has 27 heavy (non-hydrogen) atoms. The number of aromatic nitrogens is 2. The Bertz CT molecular complexity index is 958. The summed E-state index contributed by atoms with van der Waals surface area (Å²) < 4.78 is 3.17. The predicted molar refractivity (Wildman–Crippen MR) is 113 cm³/mol. The number of amides is 1. The molecular weight excluding hydrogens is 404 g/mol. The first kappa shape index (κ1) is 18.0. The minimum absolute atomic E-state index is 0.0270. The molecule has 0 atom stereocenters. The van der Waals surface area contributed by atoms with Crippen LogP contribution in [0, 0.1) is 0 Å². The van der Waals surface area contributed by atoms with Gasteiger partial charge in [-0.1, -0.05) is 28.1 Å². The van der Waals surface area contributed by atoms with E-state index in [1.807, 2.05) is 49.5 Å². The summed E-state index contributed by atoms with van der Waals surface area (Å²) in [7, 11) is 2.04. The van der Waals surface area contributed by atoms with Crippen LogP contribution in [-0.4, -0.2) is 28.5 Å². The van der Waals surface area contributed by atoms with Crippen molar-refractivity contribution < 1.29 is 4.79 Å². The Morgan fingerprint density at radius 2 is 1.89 bits per heavy atom. The number of hydrogen-bond acceptors (Lipinski definition) is 3. The van der Waals surface area contributed by atoms with Gasteiger partial charge in [0.1, 0.15) is 0 Å². The fourth-order valence-electron chi connectivity index (χ4n) is 3.59. The molecule has 0 bridgehead atoms. The van der Waals surface area contributed by atoms with Crippen LogP contribution in [0.15, 0.2) is 46.9 Å². The van der Waals surface area contributed by atoms with Crippen LogP contribution in [0.4, 0.5) is 11.6 Å². The molecule has 4 rings (SSSR count). The molecule has 3 aromatic rings. The van der Waals surface area contributed by atoms with Crippen molar-refractivity contribution in [2.24, 2.45) is 7.05 Å². The van der Waals surface area contributed by atoms with Crippen LogP contribution in [0.2, 0.25) is 0 Å². The highest BCUT2D eigenvalue weighted by molar-refractivity contribution is 9.10. The van der Waals surface area contributed by atoms with Crippen molar-refractivity contribution >= 4 is 44.5 Å².